The fourth-order valence-corrected chi connectivity index (χ4v) is 2.80. The van der Waals surface area contributed by atoms with Crippen LogP contribution in [0.5, 0.6) is 0 Å². The molecule has 1 N–H and O–H groups in total. The van der Waals surface area contributed by atoms with Gasteiger partial charge in [-0.25, -0.2) is 4.98 Å². The summed E-state index contributed by atoms with van der Waals surface area (Å²) in [5.74, 6) is 0.795. The predicted molar refractivity (Wildman–Crippen MR) is 100 cm³/mol. The smallest absolute Gasteiger partial charge is 0.138 e. The van der Waals surface area contributed by atoms with Gasteiger partial charge in [0.1, 0.15) is 21.5 Å². The fraction of sp³-hybridized carbons (Fsp3) is 0.316. The topological polar surface area (TPSA) is 28.7 Å². The van der Waals surface area contributed by atoms with E-state index in [1.165, 1.54) is 5.56 Å². The zero-order chi connectivity index (χ0) is 16.9. The van der Waals surface area contributed by atoms with Gasteiger partial charge in [-0.3, -0.25) is 0 Å². The number of H-pyrrole nitrogens is 1. The molecule has 0 saturated carbocycles. The molecule has 0 aliphatic heterocycles. The zero-order valence-corrected chi connectivity index (χ0v) is 14.4. The summed E-state index contributed by atoms with van der Waals surface area (Å²) in [7, 11) is 12.5. The minimum atomic E-state index is 0.134. The molecule has 0 unspecified atom stereocenters. The Hall–Kier alpha value is -1.96. The maximum Gasteiger partial charge on any atom is 0.138 e. The summed E-state index contributed by atoms with van der Waals surface area (Å²) in [6.45, 7) is 10.6. The molecule has 3 aromatic rings. The number of rotatable bonds is 1. The van der Waals surface area contributed by atoms with E-state index in [1.54, 1.807) is 0 Å². The predicted octanol–water partition coefficient (Wildman–Crippen LogP) is 2.73. The fourth-order valence-electron chi connectivity index (χ4n) is 2.80. The number of benzene rings is 2. The number of hydrogen-bond donors (Lipinski definition) is 1. The lowest BCUT2D eigenvalue weighted by Crippen LogP contribution is -2.20. The first kappa shape index (κ1) is 15.9. The molecule has 2 nitrogen and oxygen atoms in total. The highest BCUT2D eigenvalue weighted by atomic mass is 14.9. The van der Waals surface area contributed by atoms with E-state index in [2.05, 4.69) is 55.0 Å². The highest BCUT2D eigenvalue weighted by Crippen LogP contribution is 2.26. The third-order valence-electron chi connectivity index (χ3n) is 4.62. The van der Waals surface area contributed by atoms with Crippen molar-refractivity contribution in [2.45, 2.75) is 40.0 Å². The van der Waals surface area contributed by atoms with Crippen LogP contribution < -0.4 is 10.9 Å². The molecule has 0 aliphatic carbocycles. The monoisotopic (exact) mass is 298 g/mol. The van der Waals surface area contributed by atoms with Crippen molar-refractivity contribution in [3.63, 3.8) is 0 Å². The molecule has 4 heteroatoms. The van der Waals surface area contributed by atoms with Crippen molar-refractivity contribution in [2.24, 2.45) is 0 Å². The van der Waals surface area contributed by atoms with Gasteiger partial charge in [0.2, 0.25) is 0 Å². The molecule has 0 bridgehead atoms. The maximum atomic E-state index is 6.23. The van der Waals surface area contributed by atoms with Crippen molar-refractivity contribution in [1.82, 2.24) is 9.97 Å². The van der Waals surface area contributed by atoms with Gasteiger partial charge in [0.05, 0.1) is 11.0 Å². The highest BCUT2D eigenvalue weighted by Gasteiger charge is 2.15. The zero-order valence-electron chi connectivity index (χ0n) is 14.4. The molecule has 1 heterocycles. The Morgan fingerprint density at radius 3 is 2.04 bits per heavy atom. The van der Waals surface area contributed by atoms with Gasteiger partial charge in [-0.2, -0.15) is 0 Å². The van der Waals surface area contributed by atoms with Crippen molar-refractivity contribution in [2.75, 3.05) is 0 Å². The molecule has 23 heavy (non-hydrogen) atoms. The molecule has 0 saturated heterocycles. The second-order valence-electron chi connectivity index (χ2n) is 7.21. The molecular formula is C19H20B2N2. The van der Waals surface area contributed by atoms with Crippen molar-refractivity contribution in [3.05, 3.63) is 41.0 Å². The van der Waals surface area contributed by atoms with Crippen LogP contribution in [0, 0.1) is 13.8 Å². The Morgan fingerprint density at radius 2 is 1.48 bits per heavy atom. The van der Waals surface area contributed by atoms with Gasteiger partial charge in [-0.15, -0.1) is 0 Å². The quantitative estimate of drug-likeness (QED) is 0.688. The summed E-state index contributed by atoms with van der Waals surface area (Å²) >= 11 is 0. The number of nitrogens with zero attached hydrogens (tertiary/aromatic N) is 1. The van der Waals surface area contributed by atoms with Crippen LogP contribution in [0.1, 0.15) is 37.5 Å². The largest absolute Gasteiger partial charge is 0.338 e. The summed E-state index contributed by atoms with van der Waals surface area (Å²) in [6.07, 6.45) is 0. The standard InChI is InChI=1S/C19H20B2N2/c1-10-11(2)15(21)17-16(14(10)20)22-18(23-17)12-6-8-13(9-7-12)19(3,4)5/h6-9H,1-5H3,(H,22,23). The van der Waals surface area contributed by atoms with Crippen LogP contribution in [0.2, 0.25) is 0 Å². The number of nitrogens with one attached hydrogen (secondary N) is 1. The third kappa shape index (κ3) is 2.60. The summed E-state index contributed by atoms with van der Waals surface area (Å²) in [4.78, 5) is 8.01. The number of aromatic nitrogens is 2. The second-order valence-corrected chi connectivity index (χ2v) is 7.21. The summed E-state index contributed by atoms with van der Waals surface area (Å²) in [6, 6.07) is 8.46. The van der Waals surface area contributed by atoms with Gasteiger partial charge in [-0.05, 0) is 24.8 Å². The molecule has 4 radical (unpaired) electrons. The number of hydrogen-bond acceptors (Lipinski definition) is 1. The average molecular weight is 298 g/mol. The van der Waals surface area contributed by atoms with Gasteiger partial charge in [0.25, 0.3) is 0 Å². The Bertz CT molecular complexity index is 840. The van der Waals surface area contributed by atoms with Crippen molar-refractivity contribution in [1.29, 1.82) is 0 Å². The normalized spacial score (nSPS) is 12.0. The molecule has 0 spiro atoms. The van der Waals surface area contributed by atoms with E-state index in [1.807, 2.05) is 13.8 Å². The van der Waals surface area contributed by atoms with Crippen molar-refractivity contribution in [3.8, 4) is 11.4 Å². The van der Waals surface area contributed by atoms with E-state index in [9.17, 15) is 0 Å². The van der Waals surface area contributed by atoms with Crippen molar-refractivity contribution >= 4 is 37.7 Å². The number of aromatic amines is 1. The van der Waals surface area contributed by atoms with Crippen LogP contribution in [-0.2, 0) is 5.41 Å². The van der Waals surface area contributed by atoms with E-state index in [4.69, 9.17) is 15.7 Å². The summed E-state index contributed by atoms with van der Waals surface area (Å²) in [5, 5.41) is 0. The van der Waals surface area contributed by atoms with E-state index < -0.39 is 0 Å². The summed E-state index contributed by atoms with van der Waals surface area (Å²) in [5.41, 5.74) is 7.45. The Morgan fingerprint density at radius 1 is 0.913 bits per heavy atom. The van der Waals surface area contributed by atoms with Gasteiger partial charge in [-0.1, -0.05) is 67.1 Å². The lowest BCUT2D eigenvalue weighted by molar-refractivity contribution is 0.590. The third-order valence-corrected chi connectivity index (χ3v) is 4.62. The molecule has 0 aliphatic rings. The highest BCUT2D eigenvalue weighted by molar-refractivity contribution is 6.45. The first-order valence-corrected chi connectivity index (χ1v) is 7.85. The lowest BCUT2D eigenvalue weighted by atomic mass is 9.79. The molecule has 1 aromatic heterocycles. The molecule has 0 amide bonds. The first-order chi connectivity index (χ1) is 10.7. The van der Waals surface area contributed by atoms with Crippen LogP contribution in [0.3, 0.4) is 0 Å². The first-order valence-electron chi connectivity index (χ1n) is 7.85. The van der Waals surface area contributed by atoms with Gasteiger partial charge >= 0.3 is 0 Å². The average Bonchev–Trinajstić information content (AvgIpc) is 2.95. The van der Waals surface area contributed by atoms with Crippen molar-refractivity contribution < 1.29 is 0 Å². The van der Waals surface area contributed by atoms with E-state index in [0.29, 0.717) is 5.46 Å². The van der Waals surface area contributed by atoms with Crippen LogP contribution in [-0.4, -0.2) is 25.7 Å². The van der Waals surface area contributed by atoms with Crippen LogP contribution in [0.25, 0.3) is 22.4 Å². The molecule has 3 rings (SSSR count). The van der Waals surface area contributed by atoms with Gasteiger partial charge in [0, 0.05) is 5.56 Å². The SMILES string of the molecule is [B]c1c(C)c(C)c([B])c2[nH]c(-c3ccc(C(C)(C)C)cc3)nc12. The van der Waals surface area contributed by atoms with Crippen LogP contribution in [0.15, 0.2) is 24.3 Å². The minimum absolute atomic E-state index is 0.134. The van der Waals surface area contributed by atoms with Gasteiger partial charge in [0.15, 0.2) is 0 Å². The van der Waals surface area contributed by atoms with E-state index >= 15 is 0 Å². The maximum absolute atomic E-state index is 6.23. The number of fused-ring (bicyclic) bond motifs is 1. The Labute approximate surface area is 140 Å². The minimum Gasteiger partial charge on any atom is -0.338 e. The molecule has 0 atom stereocenters. The number of imidazole rings is 1. The lowest BCUT2D eigenvalue weighted by Gasteiger charge is -2.18. The van der Waals surface area contributed by atoms with Crippen LogP contribution >= 0.6 is 0 Å². The second kappa shape index (κ2) is 5.30. The van der Waals surface area contributed by atoms with E-state index in [-0.39, 0.29) is 5.41 Å². The molecule has 112 valence electrons. The van der Waals surface area contributed by atoms with E-state index in [0.717, 1.165) is 39.0 Å². The Balaban J connectivity index is 2.15. The Kier molecular flexibility index (Phi) is 3.66. The summed E-state index contributed by atoms with van der Waals surface area (Å²) < 4.78 is 0. The molecular weight excluding hydrogens is 278 g/mol. The van der Waals surface area contributed by atoms with Gasteiger partial charge < -0.3 is 4.98 Å². The molecule has 2 aromatic carbocycles. The molecule has 0 fully saturated rings. The van der Waals surface area contributed by atoms with Crippen LogP contribution in [0.4, 0.5) is 0 Å².